The summed E-state index contributed by atoms with van der Waals surface area (Å²) in [5.74, 6) is -2.63. The summed E-state index contributed by atoms with van der Waals surface area (Å²) in [7, 11) is 0. The molecular weight excluding hydrogens is 354 g/mol. The second-order valence-corrected chi connectivity index (χ2v) is 6.65. The molecule has 4 aromatic rings. The Labute approximate surface area is 151 Å². The van der Waals surface area contributed by atoms with Crippen molar-refractivity contribution in [3.05, 3.63) is 83.9 Å². The molecule has 6 heteroatoms. The molecule has 3 nitrogen and oxygen atoms in total. The average Bonchev–Trinajstić information content (AvgIpc) is 3.06. The molecule has 0 unspecified atom stereocenters. The van der Waals surface area contributed by atoms with Gasteiger partial charge >= 0.3 is 0 Å². The fourth-order valence-electron chi connectivity index (χ4n) is 2.63. The summed E-state index contributed by atoms with van der Waals surface area (Å²) in [6, 6.07) is 18.1. The molecule has 1 heterocycles. The van der Waals surface area contributed by atoms with Gasteiger partial charge in [-0.05, 0) is 36.4 Å². The van der Waals surface area contributed by atoms with Crippen molar-refractivity contribution in [2.45, 2.75) is 0 Å². The van der Waals surface area contributed by atoms with Crippen LogP contribution in [0.15, 0.2) is 66.7 Å². The van der Waals surface area contributed by atoms with Gasteiger partial charge in [0.1, 0.15) is 22.2 Å². The lowest BCUT2D eigenvalue weighted by atomic mass is 10.1. The number of amides is 1. The van der Waals surface area contributed by atoms with Gasteiger partial charge in [-0.1, -0.05) is 30.3 Å². The number of carbonyl (C=O) groups is 1. The number of rotatable bonds is 3. The molecular formula is C20H12F2N2OS. The zero-order valence-corrected chi connectivity index (χ0v) is 14.2. The van der Waals surface area contributed by atoms with E-state index in [4.69, 9.17) is 0 Å². The maximum absolute atomic E-state index is 13.8. The largest absolute Gasteiger partial charge is 0.322 e. The third-order valence-electron chi connectivity index (χ3n) is 3.85. The number of nitrogens with zero attached hydrogens (tertiary/aromatic N) is 1. The van der Waals surface area contributed by atoms with Crippen LogP contribution in [0.25, 0.3) is 20.8 Å². The van der Waals surface area contributed by atoms with E-state index < -0.39 is 23.1 Å². The van der Waals surface area contributed by atoms with E-state index in [1.54, 1.807) is 18.2 Å². The molecule has 0 aliphatic heterocycles. The molecule has 0 atom stereocenters. The first-order valence-corrected chi connectivity index (χ1v) is 8.65. The number of hydrogen-bond acceptors (Lipinski definition) is 3. The minimum Gasteiger partial charge on any atom is -0.322 e. The molecule has 0 fully saturated rings. The molecule has 0 saturated heterocycles. The summed E-state index contributed by atoms with van der Waals surface area (Å²) in [5.41, 5.74) is 1.56. The first-order chi connectivity index (χ1) is 12.6. The zero-order valence-electron chi connectivity index (χ0n) is 13.4. The van der Waals surface area contributed by atoms with Crippen LogP contribution in [0.5, 0.6) is 0 Å². The number of benzene rings is 3. The summed E-state index contributed by atoms with van der Waals surface area (Å²) in [6.45, 7) is 0. The van der Waals surface area contributed by atoms with E-state index in [1.165, 1.54) is 17.4 Å². The van der Waals surface area contributed by atoms with Crippen molar-refractivity contribution in [2.24, 2.45) is 0 Å². The highest BCUT2D eigenvalue weighted by Gasteiger charge is 2.17. The highest BCUT2D eigenvalue weighted by atomic mass is 32.1. The molecule has 4 rings (SSSR count). The van der Waals surface area contributed by atoms with Gasteiger partial charge in [0.25, 0.3) is 5.91 Å². The highest BCUT2D eigenvalue weighted by molar-refractivity contribution is 7.21. The van der Waals surface area contributed by atoms with Gasteiger partial charge in [-0.2, -0.15) is 0 Å². The number of fused-ring (bicyclic) bond motifs is 1. The number of hydrogen-bond donors (Lipinski definition) is 1. The van der Waals surface area contributed by atoms with Crippen molar-refractivity contribution in [3.8, 4) is 10.6 Å². The molecule has 1 amide bonds. The van der Waals surface area contributed by atoms with Crippen molar-refractivity contribution in [1.82, 2.24) is 4.98 Å². The van der Waals surface area contributed by atoms with E-state index >= 15 is 0 Å². The maximum Gasteiger partial charge on any atom is 0.261 e. The Morgan fingerprint density at radius 3 is 2.42 bits per heavy atom. The van der Waals surface area contributed by atoms with Crippen LogP contribution in [0.1, 0.15) is 10.4 Å². The first kappa shape index (κ1) is 16.4. The van der Waals surface area contributed by atoms with Crippen LogP contribution < -0.4 is 5.32 Å². The van der Waals surface area contributed by atoms with Crippen molar-refractivity contribution < 1.29 is 13.6 Å². The van der Waals surface area contributed by atoms with E-state index in [1.807, 2.05) is 30.3 Å². The summed E-state index contributed by atoms with van der Waals surface area (Å²) in [5, 5.41) is 3.35. The van der Waals surface area contributed by atoms with Crippen molar-refractivity contribution in [2.75, 3.05) is 5.32 Å². The number of thiazole rings is 1. The first-order valence-electron chi connectivity index (χ1n) is 7.83. The lowest BCUT2D eigenvalue weighted by molar-refractivity contribution is 0.101. The van der Waals surface area contributed by atoms with E-state index in [0.29, 0.717) is 5.69 Å². The molecule has 128 valence electrons. The van der Waals surface area contributed by atoms with Gasteiger partial charge in [0.2, 0.25) is 0 Å². The maximum atomic E-state index is 13.8. The average molecular weight is 366 g/mol. The van der Waals surface area contributed by atoms with E-state index in [9.17, 15) is 13.6 Å². The Morgan fingerprint density at radius 2 is 1.65 bits per heavy atom. The molecule has 26 heavy (non-hydrogen) atoms. The van der Waals surface area contributed by atoms with Gasteiger partial charge in [0.15, 0.2) is 0 Å². The molecule has 1 aromatic heterocycles. The summed E-state index contributed by atoms with van der Waals surface area (Å²) in [4.78, 5) is 16.8. The molecule has 0 aliphatic carbocycles. The van der Waals surface area contributed by atoms with Crippen LogP contribution in [0.4, 0.5) is 14.5 Å². The minimum atomic E-state index is -0.898. The van der Waals surface area contributed by atoms with Crippen molar-refractivity contribution in [3.63, 3.8) is 0 Å². The van der Waals surface area contributed by atoms with E-state index in [-0.39, 0.29) is 0 Å². The minimum absolute atomic E-state index is 0.439. The Kier molecular flexibility index (Phi) is 4.18. The molecule has 0 bridgehead atoms. The highest BCUT2D eigenvalue weighted by Crippen LogP contribution is 2.31. The third kappa shape index (κ3) is 3.07. The lowest BCUT2D eigenvalue weighted by Crippen LogP contribution is -2.15. The van der Waals surface area contributed by atoms with Gasteiger partial charge in [-0.15, -0.1) is 11.3 Å². The van der Waals surface area contributed by atoms with Gasteiger partial charge < -0.3 is 5.32 Å². The Balaban J connectivity index is 1.64. The van der Waals surface area contributed by atoms with Crippen LogP contribution in [0.3, 0.4) is 0 Å². The standard InChI is InChI=1S/C20H12F2N2OS/c21-14-7-4-8-15(22)18(14)19(25)23-13-6-3-5-12(11-13)20-24-16-9-1-2-10-17(16)26-20/h1-11H,(H,23,25). The number of carbonyl (C=O) groups excluding carboxylic acids is 1. The SMILES string of the molecule is O=C(Nc1cccc(-c2nc3ccccc3s2)c1)c1c(F)cccc1F. The number of halogens is 2. The van der Waals surface area contributed by atoms with E-state index in [2.05, 4.69) is 10.3 Å². The Bertz CT molecular complexity index is 1070. The summed E-state index contributed by atoms with van der Waals surface area (Å²) < 4.78 is 28.6. The fraction of sp³-hybridized carbons (Fsp3) is 0. The van der Waals surface area contributed by atoms with Gasteiger partial charge in [-0.25, -0.2) is 13.8 Å². The van der Waals surface area contributed by atoms with Crippen LogP contribution >= 0.6 is 11.3 Å². The number of anilines is 1. The van der Waals surface area contributed by atoms with E-state index in [0.717, 1.165) is 32.9 Å². The second kappa shape index (κ2) is 6.65. The summed E-state index contributed by atoms with van der Waals surface area (Å²) in [6.07, 6.45) is 0. The number of para-hydroxylation sites is 1. The number of aromatic nitrogens is 1. The van der Waals surface area contributed by atoms with Crippen LogP contribution in [-0.4, -0.2) is 10.9 Å². The lowest BCUT2D eigenvalue weighted by Gasteiger charge is -2.08. The smallest absolute Gasteiger partial charge is 0.261 e. The molecule has 3 aromatic carbocycles. The molecule has 0 spiro atoms. The molecule has 1 N–H and O–H groups in total. The Morgan fingerprint density at radius 1 is 0.923 bits per heavy atom. The number of nitrogens with one attached hydrogen (secondary N) is 1. The molecule has 0 saturated carbocycles. The zero-order chi connectivity index (χ0) is 18.1. The predicted molar refractivity (Wildman–Crippen MR) is 99.4 cm³/mol. The molecule has 0 radical (unpaired) electrons. The van der Waals surface area contributed by atoms with Crippen molar-refractivity contribution in [1.29, 1.82) is 0 Å². The Hall–Kier alpha value is -3.12. The fourth-order valence-corrected chi connectivity index (χ4v) is 3.60. The second-order valence-electron chi connectivity index (χ2n) is 5.62. The van der Waals surface area contributed by atoms with Crippen LogP contribution in [0, 0.1) is 11.6 Å². The van der Waals surface area contributed by atoms with Crippen molar-refractivity contribution >= 4 is 33.1 Å². The topological polar surface area (TPSA) is 42.0 Å². The van der Waals surface area contributed by atoms with Crippen LogP contribution in [0.2, 0.25) is 0 Å². The monoisotopic (exact) mass is 366 g/mol. The van der Waals surface area contributed by atoms with Gasteiger partial charge in [0.05, 0.1) is 10.2 Å². The predicted octanol–water partition coefficient (Wildman–Crippen LogP) is 5.49. The third-order valence-corrected chi connectivity index (χ3v) is 4.94. The molecule has 0 aliphatic rings. The van der Waals surface area contributed by atoms with Gasteiger partial charge in [-0.3, -0.25) is 4.79 Å². The summed E-state index contributed by atoms with van der Waals surface area (Å²) >= 11 is 1.54. The van der Waals surface area contributed by atoms with Crippen LogP contribution in [-0.2, 0) is 0 Å². The quantitative estimate of drug-likeness (QED) is 0.521. The van der Waals surface area contributed by atoms with Gasteiger partial charge in [0, 0.05) is 11.3 Å². The normalized spacial score (nSPS) is 10.8.